The normalized spacial score (nSPS) is 10.4. The van der Waals surface area contributed by atoms with Crippen LogP contribution in [0.2, 0.25) is 5.02 Å². The molecule has 28 heavy (non-hydrogen) atoms. The largest absolute Gasteiger partial charge is 0.495 e. The Bertz CT molecular complexity index is 971. The van der Waals surface area contributed by atoms with Crippen LogP contribution in [-0.4, -0.2) is 20.1 Å². The summed E-state index contributed by atoms with van der Waals surface area (Å²) in [5.41, 5.74) is 0.374. The van der Waals surface area contributed by atoms with Gasteiger partial charge in [-0.25, -0.2) is 4.39 Å². The number of carbonyl (C=O) groups excluding carboxylic acids is 1. The van der Waals surface area contributed by atoms with Gasteiger partial charge in [0.25, 0.3) is 5.91 Å². The van der Waals surface area contributed by atoms with E-state index in [0.717, 1.165) is 0 Å². The number of ether oxygens (including phenoxy) is 3. The molecule has 1 N–H and O–H groups in total. The van der Waals surface area contributed by atoms with Crippen molar-refractivity contribution in [3.8, 4) is 17.2 Å². The van der Waals surface area contributed by atoms with Crippen molar-refractivity contribution in [2.75, 3.05) is 19.5 Å². The Balaban J connectivity index is 1.67. The van der Waals surface area contributed by atoms with Gasteiger partial charge in [-0.1, -0.05) is 11.6 Å². The summed E-state index contributed by atoms with van der Waals surface area (Å²) in [5.74, 6) is 1.00. The Morgan fingerprint density at radius 2 is 1.79 bits per heavy atom. The summed E-state index contributed by atoms with van der Waals surface area (Å²) in [7, 11) is 2.95. The van der Waals surface area contributed by atoms with Gasteiger partial charge in [-0.05, 0) is 42.5 Å². The second-order valence-corrected chi connectivity index (χ2v) is 6.06. The van der Waals surface area contributed by atoms with E-state index < -0.39 is 5.91 Å². The molecule has 2 aromatic carbocycles. The number of furan rings is 1. The molecule has 0 aliphatic rings. The van der Waals surface area contributed by atoms with Gasteiger partial charge in [-0.3, -0.25) is 4.79 Å². The molecule has 8 heteroatoms. The lowest BCUT2D eigenvalue weighted by Crippen LogP contribution is -2.12. The minimum Gasteiger partial charge on any atom is -0.495 e. The van der Waals surface area contributed by atoms with E-state index in [1.54, 1.807) is 12.1 Å². The lowest BCUT2D eigenvalue weighted by molar-refractivity contribution is 0.0992. The number of hydrogen-bond acceptors (Lipinski definition) is 5. The molecule has 0 saturated heterocycles. The summed E-state index contributed by atoms with van der Waals surface area (Å²) in [4.78, 5) is 12.5. The minimum atomic E-state index is -0.479. The molecular weight excluding hydrogens is 389 g/mol. The molecule has 0 bridgehead atoms. The second kappa shape index (κ2) is 8.67. The Hall–Kier alpha value is -3.19. The molecule has 1 amide bonds. The van der Waals surface area contributed by atoms with E-state index in [0.29, 0.717) is 33.7 Å². The van der Waals surface area contributed by atoms with E-state index in [4.69, 9.17) is 30.2 Å². The fraction of sp³-hybridized carbons (Fsp3) is 0.150. The summed E-state index contributed by atoms with van der Waals surface area (Å²) in [6.07, 6.45) is 0. The number of nitrogens with one attached hydrogen (secondary N) is 1. The molecule has 0 unspecified atom stereocenters. The number of rotatable bonds is 7. The molecule has 0 aliphatic carbocycles. The van der Waals surface area contributed by atoms with E-state index in [1.807, 2.05) is 0 Å². The Labute approximate surface area is 165 Å². The van der Waals surface area contributed by atoms with E-state index >= 15 is 0 Å². The zero-order valence-corrected chi connectivity index (χ0v) is 15.9. The summed E-state index contributed by atoms with van der Waals surface area (Å²) >= 11 is 6.11. The molecule has 0 aliphatic heterocycles. The van der Waals surface area contributed by atoms with E-state index in [2.05, 4.69) is 5.32 Å². The Morgan fingerprint density at radius 3 is 2.46 bits per heavy atom. The summed E-state index contributed by atoms with van der Waals surface area (Å²) in [5, 5.41) is 3.01. The maximum atomic E-state index is 12.9. The molecule has 3 aromatic rings. The first-order valence-electron chi connectivity index (χ1n) is 8.20. The van der Waals surface area contributed by atoms with Crippen molar-refractivity contribution in [1.29, 1.82) is 0 Å². The van der Waals surface area contributed by atoms with Crippen molar-refractivity contribution < 1.29 is 27.8 Å². The molecule has 0 saturated carbocycles. The average Bonchev–Trinajstić information content (AvgIpc) is 3.17. The van der Waals surface area contributed by atoms with Crippen LogP contribution in [0, 0.1) is 5.82 Å². The lowest BCUT2D eigenvalue weighted by Gasteiger charge is -2.12. The first-order valence-corrected chi connectivity index (χ1v) is 8.58. The van der Waals surface area contributed by atoms with Crippen LogP contribution in [-0.2, 0) is 6.61 Å². The summed E-state index contributed by atoms with van der Waals surface area (Å²) < 4.78 is 34.3. The van der Waals surface area contributed by atoms with Gasteiger partial charge in [0.05, 0.1) is 24.9 Å². The highest BCUT2D eigenvalue weighted by molar-refractivity contribution is 6.32. The number of benzene rings is 2. The predicted molar refractivity (Wildman–Crippen MR) is 102 cm³/mol. The number of anilines is 1. The molecular formula is C20H17ClFNO5. The average molecular weight is 406 g/mol. The van der Waals surface area contributed by atoms with Gasteiger partial charge in [0, 0.05) is 6.07 Å². The predicted octanol–water partition coefficient (Wildman–Crippen LogP) is 4.92. The number of carbonyl (C=O) groups is 1. The maximum absolute atomic E-state index is 12.9. The van der Waals surface area contributed by atoms with Crippen molar-refractivity contribution in [3.63, 3.8) is 0 Å². The van der Waals surface area contributed by atoms with Crippen LogP contribution < -0.4 is 19.5 Å². The van der Waals surface area contributed by atoms with Crippen LogP contribution in [0.5, 0.6) is 17.2 Å². The SMILES string of the molecule is COc1cc(OC)c(NC(=O)c2ccc(COc3ccc(F)cc3)o2)cc1Cl. The fourth-order valence-electron chi connectivity index (χ4n) is 2.40. The number of methoxy groups -OCH3 is 2. The van der Waals surface area contributed by atoms with Crippen molar-refractivity contribution in [2.45, 2.75) is 6.61 Å². The molecule has 1 heterocycles. The van der Waals surface area contributed by atoms with Crippen LogP contribution in [0.3, 0.4) is 0 Å². The number of hydrogen-bond donors (Lipinski definition) is 1. The molecule has 1 aromatic heterocycles. The van der Waals surface area contributed by atoms with Crippen molar-refractivity contribution >= 4 is 23.2 Å². The van der Waals surface area contributed by atoms with Gasteiger partial charge in [-0.15, -0.1) is 0 Å². The van der Waals surface area contributed by atoms with Gasteiger partial charge >= 0.3 is 0 Å². The Morgan fingerprint density at radius 1 is 1.07 bits per heavy atom. The van der Waals surface area contributed by atoms with Crippen molar-refractivity contribution in [2.24, 2.45) is 0 Å². The van der Waals surface area contributed by atoms with Crippen molar-refractivity contribution in [3.05, 3.63) is 70.9 Å². The highest BCUT2D eigenvalue weighted by atomic mass is 35.5. The Kier molecular flexibility index (Phi) is 6.06. The molecule has 0 atom stereocenters. The van der Waals surface area contributed by atoms with E-state index in [1.165, 1.54) is 50.6 Å². The van der Waals surface area contributed by atoms with E-state index in [9.17, 15) is 9.18 Å². The van der Waals surface area contributed by atoms with E-state index in [-0.39, 0.29) is 18.2 Å². The third-order valence-corrected chi connectivity index (χ3v) is 4.10. The third kappa shape index (κ3) is 4.55. The van der Waals surface area contributed by atoms with Gasteiger partial charge < -0.3 is 23.9 Å². The van der Waals surface area contributed by atoms with Crippen LogP contribution in [0.15, 0.2) is 52.9 Å². The van der Waals surface area contributed by atoms with Gasteiger partial charge in [0.2, 0.25) is 0 Å². The highest BCUT2D eigenvalue weighted by Gasteiger charge is 2.16. The fourth-order valence-corrected chi connectivity index (χ4v) is 2.65. The van der Waals surface area contributed by atoms with Crippen LogP contribution in [0.25, 0.3) is 0 Å². The molecule has 0 radical (unpaired) electrons. The van der Waals surface area contributed by atoms with Crippen molar-refractivity contribution in [1.82, 2.24) is 0 Å². The first kappa shape index (κ1) is 19.6. The smallest absolute Gasteiger partial charge is 0.291 e. The first-order chi connectivity index (χ1) is 13.5. The second-order valence-electron chi connectivity index (χ2n) is 5.65. The van der Waals surface area contributed by atoms with Gasteiger partial charge in [0.1, 0.15) is 35.4 Å². The van der Waals surface area contributed by atoms with Crippen LogP contribution in [0.4, 0.5) is 10.1 Å². The minimum absolute atomic E-state index is 0.0895. The van der Waals surface area contributed by atoms with Gasteiger partial charge in [0.15, 0.2) is 5.76 Å². The maximum Gasteiger partial charge on any atom is 0.291 e. The summed E-state index contributed by atoms with van der Waals surface area (Å²) in [6, 6.07) is 11.8. The molecule has 0 spiro atoms. The molecule has 3 rings (SSSR count). The standard InChI is InChI=1S/C20H17ClFNO5/c1-25-18-10-19(26-2)16(9-15(18)21)23-20(24)17-8-7-14(28-17)11-27-13-5-3-12(22)4-6-13/h3-10H,11H2,1-2H3,(H,23,24). The zero-order chi connectivity index (χ0) is 20.1. The van der Waals surface area contributed by atoms with Crippen LogP contribution >= 0.6 is 11.6 Å². The molecule has 146 valence electrons. The third-order valence-electron chi connectivity index (χ3n) is 3.80. The summed E-state index contributed by atoms with van der Waals surface area (Å²) in [6.45, 7) is 0.0938. The number of halogens is 2. The topological polar surface area (TPSA) is 69.9 Å². The lowest BCUT2D eigenvalue weighted by atomic mass is 10.2. The highest BCUT2D eigenvalue weighted by Crippen LogP contribution is 2.36. The zero-order valence-electron chi connectivity index (χ0n) is 15.1. The molecule has 6 nitrogen and oxygen atoms in total. The van der Waals surface area contributed by atoms with Crippen LogP contribution in [0.1, 0.15) is 16.3 Å². The quantitative estimate of drug-likeness (QED) is 0.604. The van der Waals surface area contributed by atoms with Gasteiger partial charge in [-0.2, -0.15) is 0 Å². The monoisotopic (exact) mass is 405 g/mol. The molecule has 0 fully saturated rings. The number of amides is 1.